The minimum absolute atomic E-state index is 0.0774. The number of hydrogen-bond acceptors (Lipinski definition) is 2. The molecule has 0 aliphatic rings. The number of aromatic nitrogens is 1. The highest BCUT2D eigenvalue weighted by Crippen LogP contribution is 2.09. The van der Waals surface area contributed by atoms with Crippen LogP contribution in [0.4, 0.5) is 0 Å². The third kappa shape index (κ3) is 4.00. The Balaban J connectivity index is 2.54. The smallest absolute Gasteiger partial charge is 0.166 e. The fraction of sp³-hybridized carbons (Fsp3) is 0.643. The first-order valence-electron chi connectivity index (χ1n) is 6.50. The molecule has 0 aromatic carbocycles. The Bertz CT molecular complexity index is 351. The van der Waals surface area contributed by atoms with Crippen molar-refractivity contribution in [1.29, 1.82) is 0 Å². The van der Waals surface area contributed by atoms with Crippen molar-refractivity contribution in [2.75, 3.05) is 19.6 Å². The Morgan fingerprint density at radius 2 is 2.00 bits per heavy atom. The Labute approximate surface area is 104 Å². The summed E-state index contributed by atoms with van der Waals surface area (Å²) in [7, 11) is 0. The van der Waals surface area contributed by atoms with Crippen molar-refractivity contribution >= 4 is 5.78 Å². The van der Waals surface area contributed by atoms with E-state index in [0.29, 0.717) is 0 Å². The van der Waals surface area contributed by atoms with Crippen LogP contribution in [0.15, 0.2) is 18.5 Å². The number of hydrogen-bond donors (Lipinski definition) is 0. The molecule has 0 N–H and O–H groups in total. The number of rotatable bonds is 7. The largest absolute Gasteiger partial charge is 0.352 e. The molecule has 0 fully saturated rings. The van der Waals surface area contributed by atoms with Gasteiger partial charge in [0.1, 0.15) is 0 Å². The first-order valence-corrected chi connectivity index (χ1v) is 6.50. The topological polar surface area (TPSA) is 25.2 Å². The highest BCUT2D eigenvalue weighted by molar-refractivity contribution is 5.97. The minimum Gasteiger partial charge on any atom is -0.352 e. The lowest BCUT2D eigenvalue weighted by Crippen LogP contribution is -2.26. The molecule has 0 aliphatic heterocycles. The number of carbonyl (C=O) groups is 1. The minimum atomic E-state index is 0.0774. The lowest BCUT2D eigenvalue weighted by Gasteiger charge is -2.17. The zero-order valence-corrected chi connectivity index (χ0v) is 11.4. The molecule has 0 radical (unpaired) electrons. The second-order valence-electron chi connectivity index (χ2n) is 4.68. The van der Waals surface area contributed by atoms with Gasteiger partial charge >= 0.3 is 0 Å². The van der Waals surface area contributed by atoms with E-state index in [4.69, 9.17) is 0 Å². The SMILES string of the molecule is CCN(CC)CCn1ccc(C(=O)C(C)C)c1. The molecule has 3 heteroatoms. The Morgan fingerprint density at radius 1 is 1.35 bits per heavy atom. The molecule has 3 nitrogen and oxygen atoms in total. The van der Waals surface area contributed by atoms with Gasteiger partial charge in [0.05, 0.1) is 0 Å². The summed E-state index contributed by atoms with van der Waals surface area (Å²) in [5.41, 5.74) is 0.833. The van der Waals surface area contributed by atoms with Crippen molar-refractivity contribution in [3.8, 4) is 0 Å². The highest BCUT2D eigenvalue weighted by atomic mass is 16.1. The van der Waals surface area contributed by atoms with E-state index in [0.717, 1.165) is 31.7 Å². The summed E-state index contributed by atoms with van der Waals surface area (Å²) < 4.78 is 2.11. The number of nitrogens with zero attached hydrogens (tertiary/aromatic N) is 2. The van der Waals surface area contributed by atoms with Crippen LogP contribution in [-0.4, -0.2) is 34.9 Å². The molecular weight excluding hydrogens is 212 g/mol. The van der Waals surface area contributed by atoms with E-state index >= 15 is 0 Å². The van der Waals surface area contributed by atoms with Gasteiger partial charge in [0.25, 0.3) is 0 Å². The molecule has 0 saturated heterocycles. The monoisotopic (exact) mass is 236 g/mol. The van der Waals surface area contributed by atoms with Crippen LogP contribution in [0.2, 0.25) is 0 Å². The lowest BCUT2D eigenvalue weighted by molar-refractivity contribution is 0.0939. The maximum Gasteiger partial charge on any atom is 0.166 e. The normalized spacial score (nSPS) is 11.4. The van der Waals surface area contributed by atoms with E-state index < -0.39 is 0 Å². The Kier molecular flexibility index (Phi) is 5.42. The van der Waals surface area contributed by atoms with E-state index in [2.05, 4.69) is 23.3 Å². The molecular formula is C14H24N2O. The van der Waals surface area contributed by atoms with Gasteiger partial charge in [-0.3, -0.25) is 4.79 Å². The first-order chi connectivity index (χ1) is 8.08. The van der Waals surface area contributed by atoms with Gasteiger partial charge in [-0.2, -0.15) is 0 Å². The molecule has 0 saturated carbocycles. The molecule has 1 heterocycles. The molecule has 1 aromatic heterocycles. The predicted octanol–water partition coefficient (Wildman–Crippen LogP) is 2.67. The number of likely N-dealkylation sites (N-methyl/N-ethyl adjacent to an activating group) is 1. The third-order valence-corrected chi connectivity index (χ3v) is 3.13. The average molecular weight is 236 g/mol. The Hall–Kier alpha value is -1.09. The fourth-order valence-electron chi connectivity index (χ4n) is 1.86. The summed E-state index contributed by atoms with van der Waals surface area (Å²) in [5, 5.41) is 0. The summed E-state index contributed by atoms with van der Waals surface area (Å²) in [4.78, 5) is 14.2. The van der Waals surface area contributed by atoms with E-state index in [-0.39, 0.29) is 11.7 Å². The van der Waals surface area contributed by atoms with E-state index in [1.54, 1.807) is 0 Å². The van der Waals surface area contributed by atoms with Gasteiger partial charge in [-0.25, -0.2) is 0 Å². The average Bonchev–Trinajstić information content (AvgIpc) is 2.78. The van der Waals surface area contributed by atoms with Crippen LogP contribution in [0.1, 0.15) is 38.1 Å². The van der Waals surface area contributed by atoms with Crippen LogP contribution in [0.5, 0.6) is 0 Å². The van der Waals surface area contributed by atoms with Gasteiger partial charge in [-0.05, 0) is 19.2 Å². The molecule has 0 bridgehead atoms. The quantitative estimate of drug-likeness (QED) is 0.680. The summed E-state index contributed by atoms with van der Waals surface area (Å²) in [6.45, 7) is 12.4. The van der Waals surface area contributed by atoms with Crippen LogP contribution in [0.3, 0.4) is 0 Å². The van der Waals surface area contributed by atoms with Gasteiger partial charge in [-0.1, -0.05) is 27.7 Å². The zero-order valence-electron chi connectivity index (χ0n) is 11.4. The zero-order chi connectivity index (χ0) is 12.8. The van der Waals surface area contributed by atoms with Crippen molar-refractivity contribution < 1.29 is 4.79 Å². The maximum atomic E-state index is 11.8. The molecule has 0 unspecified atom stereocenters. The van der Waals surface area contributed by atoms with E-state index in [1.807, 2.05) is 32.3 Å². The fourth-order valence-corrected chi connectivity index (χ4v) is 1.86. The summed E-state index contributed by atoms with van der Waals surface area (Å²) in [6.07, 6.45) is 3.96. The number of ketones is 1. The predicted molar refractivity (Wildman–Crippen MR) is 71.4 cm³/mol. The van der Waals surface area contributed by atoms with Crippen molar-refractivity contribution in [2.24, 2.45) is 5.92 Å². The van der Waals surface area contributed by atoms with Gasteiger partial charge in [0.15, 0.2) is 5.78 Å². The van der Waals surface area contributed by atoms with Crippen LogP contribution in [0, 0.1) is 5.92 Å². The first kappa shape index (κ1) is 14.0. The van der Waals surface area contributed by atoms with Crippen molar-refractivity contribution in [3.63, 3.8) is 0 Å². The summed E-state index contributed by atoms with van der Waals surface area (Å²) >= 11 is 0. The second kappa shape index (κ2) is 6.60. The van der Waals surface area contributed by atoms with E-state index in [9.17, 15) is 4.79 Å². The lowest BCUT2D eigenvalue weighted by atomic mass is 10.0. The van der Waals surface area contributed by atoms with Crippen molar-refractivity contribution in [3.05, 3.63) is 24.0 Å². The molecule has 0 aliphatic carbocycles. The number of Topliss-reactive ketones (excluding diaryl/α,β-unsaturated/α-hetero) is 1. The van der Waals surface area contributed by atoms with Gasteiger partial charge in [0.2, 0.25) is 0 Å². The summed E-state index contributed by atoms with van der Waals surface area (Å²) in [6, 6.07) is 1.92. The third-order valence-electron chi connectivity index (χ3n) is 3.13. The molecule has 1 rings (SSSR count). The molecule has 96 valence electrons. The molecule has 1 aromatic rings. The standard InChI is InChI=1S/C14H24N2O/c1-5-15(6-2)9-10-16-8-7-13(11-16)14(17)12(3)4/h7-8,11-12H,5-6,9-10H2,1-4H3. The van der Waals surface area contributed by atoms with Crippen LogP contribution in [0.25, 0.3) is 0 Å². The number of carbonyl (C=O) groups excluding carboxylic acids is 1. The van der Waals surface area contributed by atoms with Gasteiger partial charge < -0.3 is 9.47 Å². The van der Waals surface area contributed by atoms with Gasteiger partial charge in [0, 0.05) is 37.0 Å². The molecule has 17 heavy (non-hydrogen) atoms. The van der Waals surface area contributed by atoms with Crippen molar-refractivity contribution in [1.82, 2.24) is 9.47 Å². The van der Waals surface area contributed by atoms with Gasteiger partial charge in [-0.15, -0.1) is 0 Å². The van der Waals surface area contributed by atoms with Crippen molar-refractivity contribution in [2.45, 2.75) is 34.2 Å². The van der Waals surface area contributed by atoms with E-state index in [1.165, 1.54) is 0 Å². The molecule has 0 spiro atoms. The maximum absolute atomic E-state index is 11.8. The van der Waals surface area contributed by atoms with Crippen LogP contribution >= 0.6 is 0 Å². The summed E-state index contributed by atoms with van der Waals surface area (Å²) in [5.74, 6) is 0.306. The highest BCUT2D eigenvalue weighted by Gasteiger charge is 2.11. The molecule has 0 amide bonds. The Morgan fingerprint density at radius 3 is 2.53 bits per heavy atom. The van der Waals surface area contributed by atoms with Crippen LogP contribution < -0.4 is 0 Å². The molecule has 0 atom stereocenters. The second-order valence-corrected chi connectivity index (χ2v) is 4.68. The van der Waals surface area contributed by atoms with Crippen LogP contribution in [-0.2, 0) is 6.54 Å².